The Hall–Kier alpha value is -2.37. The van der Waals surface area contributed by atoms with Crippen LogP contribution < -0.4 is 15.5 Å². The highest BCUT2D eigenvalue weighted by atomic mass is 16.2. The summed E-state index contributed by atoms with van der Waals surface area (Å²) < 4.78 is 0. The molecule has 0 bridgehead atoms. The predicted octanol–water partition coefficient (Wildman–Crippen LogP) is 0.0998. The molecule has 0 saturated carbocycles. The van der Waals surface area contributed by atoms with Crippen LogP contribution in [-0.2, 0) is 0 Å². The summed E-state index contributed by atoms with van der Waals surface area (Å²) in [6.45, 7) is 1.15. The first-order chi connectivity index (χ1) is 8.16. The first-order valence-electron chi connectivity index (χ1n) is 5.22. The van der Waals surface area contributed by atoms with Crippen LogP contribution in [0.2, 0.25) is 0 Å². The molecule has 17 heavy (non-hydrogen) atoms. The molecule has 2 N–H and O–H groups in total. The molecule has 6 heteroatoms. The van der Waals surface area contributed by atoms with Crippen molar-refractivity contribution >= 4 is 23.5 Å². The summed E-state index contributed by atoms with van der Waals surface area (Å²) in [6.07, 6.45) is 0. The second-order valence-electron chi connectivity index (χ2n) is 3.90. The van der Waals surface area contributed by atoms with Gasteiger partial charge in [0, 0.05) is 18.8 Å². The Morgan fingerprint density at radius 3 is 2.53 bits per heavy atom. The fourth-order valence-corrected chi connectivity index (χ4v) is 2.04. The van der Waals surface area contributed by atoms with Gasteiger partial charge in [0.15, 0.2) is 0 Å². The Morgan fingerprint density at radius 1 is 1.06 bits per heavy atom. The Labute approximate surface area is 96.6 Å². The first-order valence-corrected chi connectivity index (χ1v) is 5.22. The summed E-state index contributed by atoms with van der Waals surface area (Å²) in [5.41, 5.74) is 1.31. The predicted molar refractivity (Wildman–Crippen MR) is 59.0 cm³/mol. The van der Waals surface area contributed by atoms with Gasteiger partial charge in [0.25, 0.3) is 11.8 Å². The average molecular weight is 231 g/mol. The molecule has 86 valence electrons. The van der Waals surface area contributed by atoms with Gasteiger partial charge in [-0.15, -0.1) is 0 Å². The zero-order valence-electron chi connectivity index (χ0n) is 8.82. The second-order valence-corrected chi connectivity index (χ2v) is 3.90. The number of anilines is 1. The maximum Gasteiger partial charge on any atom is 0.321 e. The van der Waals surface area contributed by atoms with Crippen LogP contribution in [-0.4, -0.2) is 30.9 Å². The lowest BCUT2D eigenvalue weighted by atomic mass is 10.1. The van der Waals surface area contributed by atoms with E-state index in [0.717, 1.165) is 0 Å². The number of imide groups is 1. The van der Waals surface area contributed by atoms with Crippen LogP contribution in [0.25, 0.3) is 0 Å². The van der Waals surface area contributed by atoms with Gasteiger partial charge in [-0.1, -0.05) is 0 Å². The Morgan fingerprint density at radius 2 is 1.82 bits per heavy atom. The van der Waals surface area contributed by atoms with Crippen molar-refractivity contribution in [1.29, 1.82) is 0 Å². The molecule has 0 unspecified atom stereocenters. The van der Waals surface area contributed by atoms with Gasteiger partial charge >= 0.3 is 6.03 Å². The van der Waals surface area contributed by atoms with Crippen molar-refractivity contribution in [3.8, 4) is 0 Å². The fourth-order valence-electron chi connectivity index (χ4n) is 2.04. The largest absolute Gasteiger partial charge is 0.336 e. The van der Waals surface area contributed by atoms with Crippen LogP contribution >= 0.6 is 0 Å². The topological polar surface area (TPSA) is 78.5 Å². The van der Waals surface area contributed by atoms with Gasteiger partial charge in [-0.25, -0.2) is 4.79 Å². The van der Waals surface area contributed by atoms with Crippen molar-refractivity contribution in [2.75, 3.05) is 18.0 Å². The molecule has 1 aromatic rings. The number of carbonyl (C=O) groups excluding carboxylic acids is 3. The number of nitrogens with one attached hydrogen (secondary N) is 2. The molecule has 2 aliphatic heterocycles. The van der Waals surface area contributed by atoms with Crippen molar-refractivity contribution < 1.29 is 14.4 Å². The number of rotatable bonds is 1. The van der Waals surface area contributed by atoms with Crippen LogP contribution in [0.4, 0.5) is 10.5 Å². The molecule has 0 radical (unpaired) electrons. The van der Waals surface area contributed by atoms with Gasteiger partial charge in [-0.2, -0.15) is 0 Å². The Balaban J connectivity index is 2.04. The van der Waals surface area contributed by atoms with E-state index in [0.29, 0.717) is 29.9 Å². The average Bonchev–Trinajstić information content (AvgIpc) is 2.84. The van der Waals surface area contributed by atoms with Crippen molar-refractivity contribution in [3.05, 3.63) is 29.3 Å². The maximum atomic E-state index is 11.5. The summed E-state index contributed by atoms with van der Waals surface area (Å²) in [4.78, 5) is 35.8. The molecule has 3 rings (SSSR count). The van der Waals surface area contributed by atoms with Gasteiger partial charge < -0.3 is 5.32 Å². The first kappa shape index (κ1) is 9.83. The molecule has 2 heterocycles. The quantitative estimate of drug-likeness (QED) is 0.673. The lowest BCUT2D eigenvalue weighted by Gasteiger charge is -2.14. The summed E-state index contributed by atoms with van der Waals surface area (Å²) >= 11 is 0. The molecular weight excluding hydrogens is 222 g/mol. The number of hydrogen-bond donors (Lipinski definition) is 2. The molecule has 0 aliphatic carbocycles. The molecule has 4 amide bonds. The highest BCUT2D eigenvalue weighted by Gasteiger charge is 2.29. The molecule has 1 fully saturated rings. The van der Waals surface area contributed by atoms with E-state index in [9.17, 15) is 14.4 Å². The minimum Gasteiger partial charge on any atom is -0.336 e. The van der Waals surface area contributed by atoms with Gasteiger partial charge in [-0.05, 0) is 18.2 Å². The number of benzene rings is 1. The van der Waals surface area contributed by atoms with Gasteiger partial charge in [0.2, 0.25) is 0 Å². The number of fused-ring (bicyclic) bond motifs is 1. The summed E-state index contributed by atoms with van der Waals surface area (Å²) in [7, 11) is 0. The monoisotopic (exact) mass is 231 g/mol. The van der Waals surface area contributed by atoms with E-state index >= 15 is 0 Å². The molecule has 2 aliphatic rings. The fraction of sp³-hybridized carbons (Fsp3) is 0.182. The number of nitrogens with zero attached hydrogens (tertiary/aromatic N) is 1. The van der Waals surface area contributed by atoms with Crippen LogP contribution in [0.15, 0.2) is 18.2 Å². The third-order valence-electron chi connectivity index (χ3n) is 2.89. The molecule has 1 aromatic carbocycles. The van der Waals surface area contributed by atoms with Crippen LogP contribution in [0, 0.1) is 0 Å². The Bertz CT molecular complexity index is 553. The van der Waals surface area contributed by atoms with Gasteiger partial charge in [-0.3, -0.25) is 19.8 Å². The second kappa shape index (κ2) is 3.31. The van der Waals surface area contributed by atoms with Crippen molar-refractivity contribution in [2.45, 2.75) is 0 Å². The van der Waals surface area contributed by atoms with Crippen molar-refractivity contribution in [3.63, 3.8) is 0 Å². The molecule has 0 spiro atoms. The third-order valence-corrected chi connectivity index (χ3v) is 2.89. The van der Waals surface area contributed by atoms with E-state index in [4.69, 9.17) is 0 Å². The van der Waals surface area contributed by atoms with E-state index in [1.807, 2.05) is 0 Å². The van der Waals surface area contributed by atoms with E-state index in [-0.39, 0.29) is 11.9 Å². The smallest absolute Gasteiger partial charge is 0.321 e. The molecular formula is C11H9N3O3. The highest BCUT2D eigenvalue weighted by Crippen LogP contribution is 2.23. The maximum absolute atomic E-state index is 11.5. The zero-order valence-corrected chi connectivity index (χ0v) is 8.82. The van der Waals surface area contributed by atoms with Crippen LogP contribution in [0.3, 0.4) is 0 Å². The van der Waals surface area contributed by atoms with Gasteiger partial charge in [0.05, 0.1) is 11.1 Å². The summed E-state index contributed by atoms with van der Waals surface area (Å²) in [6, 6.07) is 4.62. The number of carbonyl (C=O) groups is 3. The van der Waals surface area contributed by atoms with Gasteiger partial charge in [0.1, 0.15) is 0 Å². The third kappa shape index (κ3) is 1.37. The highest BCUT2D eigenvalue weighted by molar-refractivity contribution is 6.22. The lowest BCUT2D eigenvalue weighted by molar-refractivity contribution is 0.0879. The molecule has 6 nitrogen and oxygen atoms in total. The number of urea groups is 1. The van der Waals surface area contributed by atoms with E-state index in [1.54, 1.807) is 18.2 Å². The summed E-state index contributed by atoms with van der Waals surface area (Å²) in [5.74, 6) is -0.797. The minimum absolute atomic E-state index is 0.185. The van der Waals surface area contributed by atoms with Crippen molar-refractivity contribution in [2.24, 2.45) is 0 Å². The van der Waals surface area contributed by atoms with E-state index in [2.05, 4.69) is 10.6 Å². The van der Waals surface area contributed by atoms with Crippen molar-refractivity contribution in [1.82, 2.24) is 10.6 Å². The lowest BCUT2D eigenvalue weighted by Crippen LogP contribution is -2.27. The summed E-state index contributed by atoms with van der Waals surface area (Å²) in [5, 5.41) is 4.89. The van der Waals surface area contributed by atoms with E-state index < -0.39 is 5.91 Å². The standard InChI is InChI=1S/C11H9N3O3/c15-9-7-2-1-6(5-8(7)10(16)13-9)14-4-3-12-11(14)17/h1-2,5H,3-4H2,(H,12,17)(H,13,15,16). The minimum atomic E-state index is -0.411. The van der Waals surface area contributed by atoms with E-state index in [1.165, 1.54) is 4.90 Å². The molecule has 0 aromatic heterocycles. The zero-order chi connectivity index (χ0) is 12.0. The molecule has 1 saturated heterocycles. The van der Waals surface area contributed by atoms with Crippen LogP contribution in [0.1, 0.15) is 20.7 Å². The Kier molecular flexibility index (Phi) is 1.91. The number of hydrogen-bond acceptors (Lipinski definition) is 3. The SMILES string of the molecule is O=C1NC(=O)c2cc(N3CCNC3=O)ccc21. The molecule has 0 atom stereocenters. The van der Waals surface area contributed by atoms with Crippen LogP contribution in [0.5, 0.6) is 0 Å². The normalized spacial score (nSPS) is 18.1. The number of amides is 4.